The highest BCUT2D eigenvalue weighted by molar-refractivity contribution is 6.34. The third-order valence-corrected chi connectivity index (χ3v) is 15.3. The molecule has 35 heteroatoms. The Labute approximate surface area is 549 Å². The largest absolute Gasteiger partial charge is 0.491 e. The highest BCUT2D eigenvalue weighted by Gasteiger charge is 2.49. The average molecular weight is 1390 g/mol. The molecule has 6 heterocycles. The summed E-state index contributed by atoms with van der Waals surface area (Å²) >= 11 is 12.9. The first-order valence-electron chi connectivity index (χ1n) is 28.2. The van der Waals surface area contributed by atoms with Gasteiger partial charge in [-0.25, -0.2) is 19.6 Å². The molecule has 2 saturated heterocycles. The van der Waals surface area contributed by atoms with Crippen molar-refractivity contribution in [2.45, 2.75) is 45.5 Å². The normalized spacial score (nSPS) is 14.0. The molecule has 504 valence electrons. The summed E-state index contributed by atoms with van der Waals surface area (Å²) in [6, 6.07) is 28.4. The highest BCUT2D eigenvalue weighted by Crippen LogP contribution is 2.32. The third kappa shape index (κ3) is 18.0. The number of esters is 2. The van der Waals surface area contributed by atoms with E-state index in [0.29, 0.717) is 74.3 Å². The van der Waals surface area contributed by atoms with Crippen LogP contribution in [0.1, 0.15) is 25.0 Å². The number of benzene rings is 4. The minimum absolute atomic E-state index is 0. The van der Waals surface area contributed by atoms with Gasteiger partial charge in [-0.1, -0.05) is 52.6 Å². The monoisotopic (exact) mass is 1390 g/mol. The van der Waals surface area contributed by atoms with Crippen LogP contribution < -0.4 is 42.6 Å². The number of carbonyl (C=O) groups is 3. The molecule has 0 atom stereocenters. The molecule has 10 rings (SSSR count). The molecule has 23 nitrogen and oxygen atoms in total. The van der Waals surface area contributed by atoms with Gasteiger partial charge in [0.25, 0.3) is 11.1 Å². The van der Waals surface area contributed by atoms with Crippen LogP contribution in [0.25, 0.3) is 44.3 Å². The maximum Gasteiger partial charge on any atom is 0.491 e. The first-order valence-corrected chi connectivity index (χ1v) is 29.0. The van der Waals surface area contributed by atoms with E-state index in [2.05, 4.69) is 86.3 Å². The Morgan fingerprint density at radius 1 is 0.589 bits per heavy atom. The molecular formula is C60H58Cl3F9N16O7. The maximum absolute atomic E-state index is 13.5. The Morgan fingerprint density at radius 3 is 1.32 bits per heavy atom. The number of nitrogens with two attached hydrogens (primary N) is 1. The van der Waals surface area contributed by atoms with Gasteiger partial charge in [0, 0.05) is 155 Å². The Kier molecular flexibility index (Phi) is 23.5. The first-order chi connectivity index (χ1) is 44.4. The molecule has 4 aromatic heterocycles. The number of fused-ring (bicyclic) bond motifs is 2. The van der Waals surface area contributed by atoms with Crippen LogP contribution in [0.15, 0.2) is 124 Å². The van der Waals surface area contributed by atoms with E-state index in [4.69, 9.17) is 39.6 Å². The average Bonchev–Trinajstić information content (AvgIpc) is 0.775. The molecular weight excluding hydrogens is 1330 g/mol. The number of ether oxygens (including phenoxy) is 1. The summed E-state index contributed by atoms with van der Waals surface area (Å²) in [6.45, 7) is 12.5. The summed E-state index contributed by atoms with van der Waals surface area (Å²) in [6.07, 6.45) is -13.1. The summed E-state index contributed by atoms with van der Waals surface area (Å²) in [5, 5.41) is 29.3. The number of hydrogen-bond acceptors (Lipinski definition) is 19. The van der Waals surface area contributed by atoms with Gasteiger partial charge in [0.2, 0.25) is 11.9 Å². The van der Waals surface area contributed by atoms with Crippen LogP contribution in [0.4, 0.5) is 74.2 Å². The van der Waals surface area contributed by atoms with E-state index in [-0.39, 0.29) is 45.5 Å². The Bertz CT molecular complexity index is 4270. The number of nitrogens with zero attached hydrogens (tertiary/aromatic N) is 11. The van der Waals surface area contributed by atoms with Crippen molar-refractivity contribution in [2.24, 2.45) is 10.9 Å². The number of halogens is 12. The number of nitrogens with one attached hydrogen (secondary N) is 4. The highest BCUT2D eigenvalue weighted by atomic mass is 35.5. The summed E-state index contributed by atoms with van der Waals surface area (Å²) in [5.74, 6) is -8.79. The number of piperazine rings is 2. The van der Waals surface area contributed by atoms with Crippen LogP contribution in [-0.4, -0.2) is 159 Å². The second-order valence-corrected chi connectivity index (χ2v) is 21.8. The fourth-order valence-corrected chi connectivity index (χ4v) is 10.2. The number of amides is 1. The number of rotatable bonds is 12. The molecule has 0 bridgehead atoms. The molecule has 7 N–H and O–H groups in total. The molecule has 0 radical (unpaired) electrons. The SMILES string of the molecule is CCn1c(=O)c(-c2ccc(C(=N)NC(=O)C(F)(F)F)cc2Cl)cc2cnc(Nc3ccc(N4CCN(C)CC4)cc3)nc21.CCn1c(=O)c(-c2ccc(C(N)=NO)cc2Cl)cc2cnc(Nc3ccc(N4CCN(C)CC4)cc3)nc21.Cl.O=C(OC(=O)C(F)(F)F)C(F)(F)F. The van der Waals surface area contributed by atoms with Crippen LogP contribution in [0.2, 0.25) is 10.0 Å². The lowest BCUT2D eigenvalue weighted by atomic mass is 10.0. The van der Waals surface area contributed by atoms with Crippen molar-refractivity contribution in [3.8, 4) is 22.3 Å². The number of pyridine rings is 2. The zero-order chi connectivity index (χ0) is 68.6. The molecule has 0 unspecified atom stereocenters. The van der Waals surface area contributed by atoms with E-state index in [1.165, 1.54) is 33.8 Å². The molecule has 4 aromatic carbocycles. The number of alkyl halides is 9. The van der Waals surface area contributed by atoms with E-state index >= 15 is 0 Å². The fraction of sp³-hybridized carbons (Fsp3) is 0.283. The number of aryl methyl sites for hydroxylation is 2. The van der Waals surface area contributed by atoms with Gasteiger partial charge in [0.1, 0.15) is 17.1 Å². The summed E-state index contributed by atoms with van der Waals surface area (Å²) in [7, 11) is 4.26. The first kappa shape index (κ1) is 72.8. The van der Waals surface area contributed by atoms with Gasteiger partial charge in [-0.3, -0.25) is 28.9 Å². The number of amidine groups is 2. The van der Waals surface area contributed by atoms with Crippen LogP contribution in [-0.2, 0) is 32.2 Å². The van der Waals surface area contributed by atoms with E-state index in [9.17, 15) is 63.5 Å². The van der Waals surface area contributed by atoms with Crippen molar-refractivity contribution in [1.29, 1.82) is 5.41 Å². The van der Waals surface area contributed by atoms with Gasteiger partial charge in [-0.15, -0.1) is 12.4 Å². The van der Waals surface area contributed by atoms with Crippen molar-refractivity contribution >= 4 is 122 Å². The number of carbonyl (C=O) groups excluding carboxylic acids is 3. The quantitative estimate of drug-likeness (QED) is 0.0126. The van der Waals surface area contributed by atoms with E-state index in [1.807, 2.05) is 43.3 Å². The third-order valence-electron chi connectivity index (χ3n) is 14.6. The molecule has 2 aliphatic rings. The van der Waals surface area contributed by atoms with E-state index in [0.717, 1.165) is 69.4 Å². The maximum atomic E-state index is 13.5. The second-order valence-electron chi connectivity index (χ2n) is 21.0. The van der Waals surface area contributed by atoms with Gasteiger partial charge in [-0.2, -0.15) is 49.5 Å². The van der Waals surface area contributed by atoms with Crippen molar-refractivity contribution < 1.29 is 63.8 Å². The van der Waals surface area contributed by atoms with E-state index in [1.54, 1.807) is 54.2 Å². The molecule has 0 saturated carbocycles. The molecule has 2 aliphatic heterocycles. The van der Waals surface area contributed by atoms with E-state index < -0.39 is 42.2 Å². The minimum Gasteiger partial charge on any atom is -0.409 e. The standard InChI is InChI=1S/C29H28ClF3N8O2.C27H29ClN8O2.C4F6O3.ClH/c1-3-41-25-18(16-35-28(38-25)36-19-5-7-20(8-6-19)40-12-10-39(2)11-13-40)14-22(26(41)42)21-9-4-17(15-23(21)30)24(34)37-27(43)29(31,32)33;1-3-36-25-18(14-22(26(36)37)21-9-4-17(15-23(21)28)24(29)33-38)16-30-27(32-25)31-19-5-7-20(8-6-19)35-12-10-34(2)11-13-35;5-3(6,7)1(11)13-2(12)4(8,9)10;/h4-9,14-16H,3,10-13H2,1-2H3,(H2,34,37,43)(H,35,36,38);4-9,14-16,38H,3,10-13H2,1-2H3,(H2,29,33)(H,30,31,32);;1H. The number of anilines is 6. The van der Waals surface area contributed by atoms with Gasteiger partial charge >= 0.3 is 36.4 Å². The van der Waals surface area contributed by atoms with Gasteiger partial charge in [0.05, 0.1) is 0 Å². The predicted molar refractivity (Wildman–Crippen MR) is 343 cm³/mol. The minimum atomic E-state index is -5.62. The second kappa shape index (κ2) is 30.6. The number of hydrogen-bond donors (Lipinski definition) is 6. The Morgan fingerprint density at radius 2 is 0.968 bits per heavy atom. The molecule has 2 fully saturated rings. The zero-order valence-electron chi connectivity index (χ0n) is 50.4. The van der Waals surface area contributed by atoms with Crippen LogP contribution in [0.5, 0.6) is 0 Å². The predicted octanol–water partition coefficient (Wildman–Crippen LogP) is 9.96. The van der Waals surface area contributed by atoms with Crippen molar-refractivity contribution in [1.82, 2.24) is 44.2 Å². The Hall–Kier alpha value is -9.63. The lowest BCUT2D eigenvalue weighted by Gasteiger charge is -2.34. The van der Waals surface area contributed by atoms with Crippen LogP contribution >= 0.6 is 35.6 Å². The summed E-state index contributed by atoms with van der Waals surface area (Å²) < 4.78 is 110. The van der Waals surface area contributed by atoms with Crippen molar-refractivity contribution in [2.75, 3.05) is 86.9 Å². The summed E-state index contributed by atoms with van der Waals surface area (Å²) in [4.78, 5) is 85.0. The van der Waals surface area contributed by atoms with Gasteiger partial charge in [-0.05, 0) is 101 Å². The van der Waals surface area contributed by atoms with Crippen molar-refractivity contribution in [3.63, 3.8) is 0 Å². The van der Waals surface area contributed by atoms with Crippen molar-refractivity contribution in [3.05, 3.63) is 151 Å². The smallest absolute Gasteiger partial charge is 0.409 e. The molecule has 1 amide bonds. The van der Waals surface area contributed by atoms with Gasteiger partial charge in [0.15, 0.2) is 5.84 Å². The molecule has 8 aromatic rings. The molecule has 0 spiro atoms. The topological polar surface area (TPSA) is 288 Å². The molecule has 0 aliphatic carbocycles. The number of aromatic nitrogens is 6. The zero-order valence-corrected chi connectivity index (χ0v) is 52.8. The number of likely N-dealkylation sites (N-methyl/N-ethyl adjacent to an activating group) is 2. The van der Waals surface area contributed by atoms with Crippen LogP contribution in [0.3, 0.4) is 0 Å². The van der Waals surface area contributed by atoms with Crippen LogP contribution in [0, 0.1) is 5.41 Å². The lowest BCUT2D eigenvalue weighted by Crippen LogP contribution is -2.44. The number of oxime groups is 1. The van der Waals surface area contributed by atoms with Gasteiger partial charge < -0.3 is 51.2 Å². The Balaban J connectivity index is 0.000000226. The fourth-order valence-electron chi connectivity index (χ4n) is 9.61. The summed E-state index contributed by atoms with van der Waals surface area (Å²) in [5.41, 5.74) is 11.9. The lowest BCUT2D eigenvalue weighted by molar-refractivity contribution is -0.221. The molecule has 95 heavy (non-hydrogen) atoms.